The Bertz CT molecular complexity index is 1240. The van der Waals surface area contributed by atoms with Gasteiger partial charge in [0.2, 0.25) is 5.95 Å². The number of aromatic nitrogens is 5. The van der Waals surface area contributed by atoms with Crippen LogP contribution in [0, 0.1) is 18.8 Å². The standard InChI is InChI=1S/C28H41N7O3S/c1-6-35(17-21-9-7-20(8-10-21)13-25(36)37)26-22(14-24-19(2)32-34(4)27(24)31-26)18-33(3)28-29-15-23(16-30-28)38-11-12-39-5/h14-16,20-21H,6-13,17-18H2,1-5H3,(H,36,37). The van der Waals surface area contributed by atoms with Crippen molar-refractivity contribution in [3.63, 3.8) is 0 Å². The molecular formula is C28H41N7O3S. The molecule has 0 aromatic carbocycles. The number of carboxylic acid groups (broad SMARTS) is 1. The van der Waals surface area contributed by atoms with Crippen molar-refractivity contribution in [2.45, 2.75) is 52.5 Å². The SMILES string of the molecule is CCN(CC1CCC(CC(=O)O)CC1)c1nc2c(cc1CN(C)c1ncc(OCCSC)cn1)c(C)nn2C. The molecule has 1 fully saturated rings. The highest BCUT2D eigenvalue weighted by Gasteiger charge is 2.26. The molecule has 4 rings (SSSR count). The number of pyridine rings is 1. The van der Waals surface area contributed by atoms with Crippen molar-refractivity contribution in [3.05, 3.63) is 29.7 Å². The number of ether oxygens (including phenoxy) is 1. The van der Waals surface area contributed by atoms with Gasteiger partial charge in [-0.15, -0.1) is 0 Å². The van der Waals surface area contributed by atoms with Crippen LogP contribution in [-0.2, 0) is 18.4 Å². The van der Waals surface area contributed by atoms with Crippen LogP contribution in [0.25, 0.3) is 11.0 Å². The number of rotatable bonds is 13. The summed E-state index contributed by atoms with van der Waals surface area (Å²) in [5.74, 6) is 3.32. The second kappa shape index (κ2) is 13.3. The lowest BCUT2D eigenvalue weighted by Gasteiger charge is -2.33. The fraction of sp³-hybridized carbons (Fsp3) is 0.607. The van der Waals surface area contributed by atoms with E-state index in [1.807, 2.05) is 30.6 Å². The third-order valence-corrected chi connectivity index (χ3v) is 8.14. The summed E-state index contributed by atoms with van der Waals surface area (Å²) in [6, 6.07) is 2.21. The van der Waals surface area contributed by atoms with Crippen molar-refractivity contribution in [2.24, 2.45) is 18.9 Å². The molecule has 0 atom stereocenters. The number of hydrogen-bond acceptors (Lipinski definition) is 9. The maximum Gasteiger partial charge on any atom is 0.303 e. The molecule has 0 radical (unpaired) electrons. The number of carbonyl (C=O) groups is 1. The van der Waals surface area contributed by atoms with Gasteiger partial charge in [-0.2, -0.15) is 16.9 Å². The average molecular weight is 556 g/mol. The highest BCUT2D eigenvalue weighted by atomic mass is 32.2. The first-order valence-corrected chi connectivity index (χ1v) is 15.1. The zero-order valence-electron chi connectivity index (χ0n) is 23.8. The molecule has 0 saturated heterocycles. The van der Waals surface area contributed by atoms with Gasteiger partial charge in [0, 0.05) is 56.9 Å². The largest absolute Gasteiger partial charge is 0.489 e. The van der Waals surface area contributed by atoms with Crippen LogP contribution in [0.4, 0.5) is 11.8 Å². The number of hydrogen-bond donors (Lipinski definition) is 1. The van der Waals surface area contributed by atoms with Gasteiger partial charge in [0.25, 0.3) is 0 Å². The molecule has 0 unspecified atom stereocenters. The zero-order valence-corrected chi connectivity index (χ0v) is 24.6. The molecule has 3 heterocycles. The van der Waals surface area contributed by atoms with Gasteiger partial charge in [0.1, 0.15) is 5.82 Å². The number of aryl methyl sites for hydroxylation is 2. The highest BCUT2D eigenvalue weighted by Crippen LogP contribution is 2.33. The third kappa shape index (κ3) is 7.32. The first-order chi connectivity index (χ1) is 18.8. The van der Waals surface area contributed by atoms with E-state index in [1.165, 1.54) is 0 Å². The van der Waals surface area contributed by atoms with E-state index >= 15 is 0 Å². The van der Waals surface area contributed by atoms with Gasteiger partial charge in [-0.25, -0.2) is 15.0 Å². The summed E-state index contributed by atoms with van der Waals surface area (Å²) in [7, 11) is 3.93. The Labute approximate surface area is 235 Å². The van der Waals surface area contributed by atoms with E-state index in [4.69, 9.17) is 9.72 Å². The number of thioether (sulfide) groups is 1. The van der Waals surface area contributed by atoms with Crippen molar-refractivity contribution in [1.29, 1.82) is 0 Å². The summed E-state index contributed by atoms with van der Waals surface area (Å²) in [5.41, 5.74) is 2.94. The normalized spacial score (nSPS) is 17.4. The lowest BCUT2D eigenvalue weighted by Crippen LogP contribution is -2.34. The summed E-state index contributed by atoms with van der Waals surface area (Å²) >= 11 is 1.74. The van der Waals surface area contributed by atoms with Crippen LogP contribution in [0.1, 0.15) is 50.3 Å². The van der Waals surface area contributed by atoms with E-state index < -0.39 is 5.97 Å². The molecule has 0 amide bonds. The van der Waals surface area contributed by atoms with Crippen LogP contribution < -0.4 is 14.5 Å². The van der Waals surface area contributed by atoms with Crippen LogP contribution in [0.15, 0.2) is 18.5 Å². The molecule has 1 saturated carbocycles. The molecular weight excluding hydrogens is 514 g/mol. The fourth-order valence-electron chi connectivity index (χ4n) is 5.46. The van der Waals surface area contributed by atoms with E-state index in [1.54, 1.807) is 24.2 Å². The number of anilines is 2. The van der Waals surface area contributed by atoms with Crippen molar-refractivity contribution >= 4 is 40.5 Å². The topological polar surface area (TPSA) is 110 Å². The van der Waals surface area contributed by atoms with E-state index in [0.717, 1.165) is 72.6 Å². The summed E-state index contributed by atoms with van der Waals surface area (Å²) < 4.78 is 7.56. The molecule has 0 bridgehead atoms. The molecule has 39 heavy (non-hydrogen) atoms. The molecule has 0 aliphatic heterocycles. The molecule has 10 nitrogen and oxygen atoms in total. The van der Waals surface area contributed by atoms with Crippen LogP contribution in [0.5, 0.6) is 5.75 Å². The molecule has 0 spiro atoms. The van der Waals surface area contributed by atoms with Gasteiger partial charge in [0.05, 0.1) is 24.7 Å². The minimum absolute atomic E-state index is 0.283. The molecule has 3 aromatic heterocycles. The first-order valence-electron chi connectivity index (χ1n) is 13.7. The third-order valence-electron chi connectivity index (χ3n) is 7.56. The average Bonchev–Trinajstić information content (AvgIpc) is 3.20. The maximum absolute atomic E-state index is 11.1. The quantitative estimate of drug-likeness (QED) is 0.302. The van der Waals surface area contributed by atoms with E-state index in [2.05, 4.69) is 39.2 Å². The fourth-order valence-corrected chi connectivity index (χ4v) is 5.71. The Hall–Kier alpha value is -3.08. The number of nitrogens with zero attached hydrogens (tertiary/aromatic N) is 7. The van der Waals surface area contributed by atoms with Gasteiger partial charge >= 0.3 is 5.97 Å². The molecule has 1 aliphatic rings. The Morgan fingerprint density at radius 3 is 2.54 bits per heavy atom. The summed E-state index contributed by atoms with van der Waals surface area (Å²) in [4.78, 5) is 29.8. The smallest absolute Gasteiger partial charge is 0.303 e. The van der Waals surface area contributed by atoms with E-state index in [9.17, 15) is 9.90 Å². The van der Waals surface area contributed by atoms with E-state index in [0.29, 0.717) is 36.7 Å². The van der Waals surface area contributed by atoms with Crippen LogP contribution >= 0.6 is 11.8 Å². The van der Waals surface area contributed by atoms with Crippen LogP contribution in [0.2, 0.25) is 0 Å². The first kappa shape index (κ1) is 28.9. The minimum Gasteiger partial charge on any atom is -0.489 e. The van der Waals surface area contributed by atoms with Crippen LogP contribution in [0.3, 0.4) is 0 Å². The van der Waals surface area contributed by atoms with Crippen molar-refractivity contribution < 1.29 is 14.6 Å². The molecule has 3 aromatic rings. The predicted octanol–water partition coefficient (Wildman–Crippen LogP) is 4.55. The second-order valence-corrected chi connectivity index (χ2v) is 11.5. The number of carboxylic acids is 1. The van der Waals surface area contributed by atoms with Gasteiger partial charge in [-0.1, -0.05) is 0 Å². The minimum atomic E-state index is -0.687. The number of fused-ring (bicyclic) bond motifs is 1. The van der Waals surface area contributed by atoms with Gasteiger partial charge in [-0.3, -0.25) is 9.48 Å². The summed E-state index contributed by atoms with van der Waals surface area (Å²) in [6.45, 7) is 7.15. The summed E-state index contributed by atoms with van der Waals surface area (Å²) in [6.07, 6.45) is 9.85. The lowest BCUT2D eigenvalue weighted by molar-refractivity contribution is -0.138. The Morgan fingerprint density at radius 1 is 1.21 bits per heavy atom. The Balaban J connectivity index is 1.55. The Kier molecular flexibility index (Phi) is 9.88. The lowest BCUT2D eigenvalue weighted by atomic mass is 9.80. The highest BCUT2D eigenvalue weighted by molar-refractivity contribution is 7.98. The zero-order chi connectivity index (χ0) is 27.9. The van der Waals surface area contributed by atoms with Gasteiger partial charge in [-0.05, 0) is 63.7 Å². The van der Waals surface area contributed by atoms with Crippen molar-refractivity contribution in [3.8, 4) is 5.75 Å². The number of aliphatic carboxylic acids is 1. The maximum atomic E-state index is 11.1. The van der Waals surface area contributed by atoms with Crippen molar-refractivity contribution in [1.82, 2.24) is 24.7 Å². The van der Waals surface area contributed by atoms with Crippen LogP contribution in [-0.4, -0.2) is 74.6 Å². The van der Waals surface area contributed by atoms with E-state index in [-0.39, 0.29) is 6.42 Å². The second-order valence-electron chi connectivity index (χ2n) is 10.5. The molecule has 1 aliphatic carbocycles. The van der Waals surface area contributed by atoms with Gasteiger partial charge in [0.15, 0.2) is 11.4 Å². The Morgan fingerprint density at radius 2 is 1.90 bits per heavy atom. The summed E-state index contributed by atoms with van der Waals surface area (Å²) in [5, 5.41) is 14.8. The van der Waals surface area contributed by atoms with Gasteiger partial charge < -0.3 is 19.6 Å². The molecule has 11 heteroatoms. The predicted molar refractivity (Wildman–Crippen MR) is 157 cm³/mol. The van der Waals surface area contributed by atoms with Crippen molar-refractivity contribution in [2.75, 3.05) is 48.6 Å². The molecule has 212 valence electrons. The molecule has 1 N–H and O–H groups in total. The monoisotopic (exact) mass is 555 g/mol.